The largest absolute Gasteiger partial charge is 0.308 e. The fraction of sp³-hybridized carbons (Fsp3) is 0. The molecule has 0 radical (unpaired) electrons. The van der Waals surface area contributed by atoms with Gasteiger partial charge in [-0.2, -0.15) is 4.98 Å². The molecule has 258 valence electrons. The Kier molecular flexibility index (Phi) is 5.34. The molecule has 0 bridgehead atoms. The zero-order valence-corrected chi connectivity index (χ0v) is 30.5. The molecule has 56 heavy (non-hydrogen) atoms. The van der Waals surface area contributed by atoms with Crippen molar-refractivity contribution in [3.8, 4) is 11.8 Å². The van der Waals surface area contributed by atoms with Gasteiger partial charge in [-0.1, -0.05) is 121 Å². The van der Waals surface area contributed by atoms with Crippen LogP contribution in [0.3, 0.4) is 0 Å². The highest BCUT2D eigenvalue weighted by atomic mass is 32.1. The maximum Gasteiger partial charge on any atom is 0.238 e. The molecule has 14 aromatic rings. The van der Waals surface area contributed by atoms with Crippen LogP contribution in [0.15, 0.2) is 164 Å². The van der Waals surface area contributed by atoms with E-state index in [-0.39, 0.29) is 0 Å². The second kappa shape index (κ2) is 10.3. The van der Waals surface area contributed by atoms with Gasteiger partial charge in [-0.3, -0.25) is 9.13 Å². The Bertz CT molecular complexity index is 3960. The highest BCUT2D eigenvalue weighted by Crippen LogP contribution is 2.49. The predicted octanol–water partition coefficient (Wildman–Crippen LogP) is 13.3. The molecule has 0 aliphatic heterocycles. The molecule has 6 heterocycles. The molecular weight excluding hydrogens is 703 g/mol. The number of nitrogens with zero attached hydrogens (tertiary/aromatic N) is 5. The Morgan fingerprint density at radius 1 is 0.375 bits per heavy atom. The molecule has 0 saturated heterocycles. The number of fused-ring (bicyclic) bond motifs is 18. The van der Waals surface area contributed by atoms with Crippen molar-refractivity contribution >= 4 is 124 Å². The number of aromatic nitrogens is 5. The predicted molar refractivity (Wildman–Crippen MR) is 236 cm³/mol. The Morgan fingerprint density at radius 2 is 0.946 bits per heavy atom. The monoisotopic (exact) mass is 729 g/mol. The van der Waals surface area contributed by atoms with Crippen molar-refractivity contribution in [2.24, 2.45) is 0 Å². The first kappa shape index (κ1) is 29.1. The molecule has 14 rings (SSSR count). The Labute approximate surface area is 321 Å². The topological polar surface area (TPSA) is 40.0 Å². The minimum Gasteiger partial charge on any atom is -0.308 e. The molecule has 0 amide bonds. The highest BCUT2D eigenvalue weighted by Gasteiger charge is 2.27. The van der Waals surface area contributed by atoms with Gasteiger partial charge in [0.1, 0.15) is 4.83 Å². The number of benzene rings is 8. The Morgan fingerprint density at radius 3 is 1.70 bits per heavy atom. The number of hydrogen-bond donors (Lipinski definition) is 0. The zero-order valence-electron chi connectivity index (χ0n) is 29.7. The second-order valence-corrected chi connectivity index (χ2v) is 16.0. The van der Waals surface area contributed by atoms with E-state index in [1.54, 1.807) is 11.3 Å². The average Bonchev–Trinajstić information content (AvgIpc) is 4.05. The molecule has 0 spiro atoms. The van der Waals surface area contributed by atoms with Crippen LogP contribution in [0.1, 0.15) is 0 Å². The quantitative estimate of drug-likeness (QED) is 0.178. The molecule has 6 aromatic heterocycles. The third-order valence-corrected chi connectivity index (χ3v) is 13.3. The van der Waals surface area contributed by atoms with Crippen molar-refractivity contribution in [1.82, 2.24) is 23.5 Å². The molecule has 6 heteroatoms. The molecule has 0 aliphatic carbocycles. The van der Waals surface area contributed by atoms with Crippen LogP contribution in [0.4, 0.5) is 0 Å². The van der Waals surface area contributed by atoms with Gasteiger partial charge in [0, 0.05) is 53.2 Å². The normalized spacial score (nSPS) is 12.6. The summed E-state index contributed by atoms with van der Waals surface area (Å²) in [4.78, 5) is 12.1. The summed E-state index contributed by atoms with van der Waals surface area (Å²) < 4.78 is 8.39. The van der Waals surface area contributed by atoms with Crippen LogP contribution in [-0.4, -0.2) is 23.5 Å². The van der Waals surface area contributed by atoms with Crippen molar-refractivity contribution in [2.45, 2.75) is 0 Å². The van der Waals surface area contributed by atoms with Crippen LogP contribution in [0.5, 0.6) is 0 Å². The van der Waals surface area contributed by atoms with Gasteiger partial charge in [0.15, 0.2) is 5.82 Å². The van der Waals surface area contributed by atoms with E-state index in [4.69, 9.17) is 9.97 Å². The standard InChI is InChI=1S/C50H27N5S/c1-2-14-29-28(13-1)25-26-40-43(29)46-44-33-18-6-11-23-39(33)54(41(44)27-35-32-17-5-8-20-36(32)53(40)47(35)46)48-45-34-19-7-12-24-42(34)56-49(45)52-50(51-48)55-37-21-9-3-15-30(37)31-16-4-10-22-38(31)55/h1-27H. The van der Waals surface area contributed by atoms with Gasteiger partial charge in [0.05, 0.1) is 44.0 Å². The van der Waals surface area contributed by atoms with Crippen LogP contribution in [-0.2, 0) is 0 Å². The molecule has 0 N–H and O–H groups in total. The lowest BCUT2D eigenvalue weighted by atomic mass is 9.98. The summed E-state index contributed by atoms with van der Waals surface area (Å²) in [5, 5.41) is 14.7. The summed E-state index contributed by atoms with van der Waals surface area (Å²) in [5.41, 5.74) is 8.18. The maximum atomic E-state index is 5.72. The van der Waals surface area contributed by atoms with Crippen LogP contribution < -0.4 is 0 Å². The van der Waals surface area contributed by atoms with E-state index >= 15 is 0 Å². The Balaban J connectivity index is 1.24. The summed E-state index contributed by atoms with van der Waals surface area (Å²) in [6.45, 7) is 0. The number of hydrogen-bond acceptors (Lipinski definition) is 3. The molecule has 0 saturated carbocycles. The molecule has 5 nitrogen and oxygen atoms in total. The summed E-state index contributed by atoms with van der Waals surface area (Å²) in [6, 6.07) is 59.5. The lowest BCUT2D eigenvalue weighted by Gasteiger charge is -2.13. The van der Waals surface area contributed by atoms with Gasteiger partial charge in [-0.05, 0) is 53.2 Å². The van der Waals surface area contributed by atoms with Crippen LogP contribution in [0.2, 0.25) is 0 Å². The second-order valence-electron chi connectivity index (χ2n) is 14.9. The molecule has 0 aliphatic rings. The van der Waals surface area contributed by atoms with Gasteiger partial charge in [0.2, 0.25) is 5.95 Å². The van der Waals surface area contributed by atoms with E-state index in [1.165, 1.54) is 80.5 Å². The number of rotatable bonds is 2. The van der Waals surface area contributed by atoms with Gasteiger partial charge in [-0.15, -0.1) is 11.3 Å². The van der Waals surface area contributed by atoms with E-state index in [9.17, 15) is 0 Å². The maximum absolute atomic E-state index is 5.72. The van der Waals surface area contributed by atoms with Gasteiger partial charge < -0.3 is 4.40 Å². The SMILES string of the molecule is c1ccc2c(c1)ccc1c2c2c3c4ccccc4n(-c4nc(-n5c6ccccc6c6ccccc65)nc5sc6ccccc6c45)c3cc3c4ccccc4n1c32. The first-order valence-corrected chi connectivity index (χ1v) is 19.8. The van der Waals surface area contributed by atoms with E-state index < -0.39 is 0 Å². The minimum atomic E-state index is 0.668. The van der Waals surface area contributed by atoms with Crippen molar-refractivity contribution in [2.75, 3.05) is 0 Å². The highest BCUT2D eigenvalue weighted by molar-refractivity contribution is 7.25. The van der Waals surface area contributed by atoms with Crippen molar-refractivity contribution in [3.05, 3.63) is 164 Å². The zero-order chi connectivity index (χ0) is 36.2. The number of thiophene rings is 1. The van der Waals surface area contributed by atoms with E-state index in [1.807, 2.05) is 0 Å². The molecule has 0 atom stereocenters. The van der Waals surface area contributed by atoms with Crippen molar-refractivity contribution < 1.29 is 0 Å². The summed E-state index contributed by atoms with van der Waals surface area (Å²) >= 11 is 1.74. The summed E-state index contributed by atoms with van der Waals surface area (Å²) in [5.74, 6) is 1.56. The molecule has 8 aromatic carbocycles. The fourth-order valence-corrected chi connectivity index (χ4v) is 11.1. The smallest absolute Gasteiger partial charge is 0.238 e. The minimum absolute atomic E-state index is 0.668. The summed E-state index contributed by atoms with van der Waals surface area (Å²) in [6.07, 6.45) is 0. The van der Waals surface area contributed by atoms with Crippen LogP contribution >= 0.6 is 11.3 Å². The lowest BCUT2D eigenvalue weighted by molar-refractivity contribution is 0.977. The van der Waals surface area contributed by atoms with Crippen molar-refractivity contribution in [3.63, 3.8) is 0 Å². The van der Waals surface area contributed by atoms with Gasteiger partial charge in [0.25, 0.3) is 0 Å². The fourth-order valence-electron chi connectivity index (χ4n) is 10.00. The third-order valence-electron chi connectivity index (χ3n) is 12.2. The van der Waals surface area contributed by atoms with E-state index in [0.717, 1.165) is 38.1 Å². The van der Waals surface area contributed by atoms with E-state index in [0.29, 0.717) is 5.95 Å². The first-order chi connectivity index (χ1) is 27.8. The van der Waals surface area contributed by atoms with Crippen molar-refractivity contribution in [1.29, 1.82) is 0 Å². The average molecular weight is 730 g/mol. The lowest BCUT2D eigenvalue weighted by Crippen LogP contribution is -2.06. The van der Waals surface area contributed by atoms with Crippen LogP contribution in [0.25, 0.3) is 125 Å². The molecule has 0 unspecified atom stereocenters. The molecule has 0 fully saturated rings. The summed E-state index contributed by atoms with van der Waals surface area (Å²) in [7, 11) is 0. The van der Waals surface area contributed by atoms with E-state index in [2.05, 4.69) is 177 Å². The van der Waals surface area contributed by atoms with Gasteiger partial charge >= 0.3 is 0 Å². The third kappa shape index (κ3) is 3.47. The molecular formula is C50H27N5S. The first-order valence-electron chi connectivity index (χ1n) is 19.0. The van der Waals surface area contributed by atoms with Crippen LogP contribution in [0, 0.1) is 0 Å². The van der Waals surface area contributed by atoms with Gasteiger partial charge in [-0.25, -0.2) is 4.98 Å². The number of para-hydroxylation sites is 4. The Hall–Kier alpha value is -7.28.